The Balaban J connectivity index is 2.42. The van der Waals surface area contributed by atoms with Gasteiger partial charge in [0.05, 0.1) is 0 Å². The number of hydrogen-bond acceptors (Lipinski definition) is 2. The molecule has 0 aliphatic carbocycles. The van der Waals surface area contributed by atoms with Gasteiger partial charge >= 0.3 is 0 Å². The summed E-state index contributed by atoms with van der Waals surface area (Å²) in [7, 11) is 2.12. The van der Waals surface area contributed by atoms with E-state index < -0.39 is 0 Å². The lowest BCUT2D eigenvalue weighted by Crippen LogP contribution is -2.18. The fourth-order valence-corrected chi connectivity index (χ4v) is 2.12. The second kappa shape index (κ2) is 3.89. The largest absolute Gasteiger partial charge is 0.324 e. The molecule has 0 saturated carbocycles. The highest BCUT2D eigenvalue weighted by Crippen LogP contribution is 2.26. The van der Waals surface area contributed by atoms with E-state index in [1.807, 2.05) is 12.1 Å². The molecule has 2 N–H and O–H groups in total. The van der Waals surface area contributed by atoms with Gasteiger partial charge in [0.1, 0.15) is 0 Å². The number of fused-ring (bicyclic) bond motifs is 1. The van der Waals surface area contributed by atoms with Crippen LogP contribution in [0.1, 0.15) is 23.6 Å². The normalized spacial score (nSPS) is 22.9. The topological polar surface area (TPSA) is 29.3 Å². The van der Waals surface area contributed by atoms with Gasteiger partial charge in [0, 0.05) is 17.6 Å². The molecule has 0 unspecified atom stereocenters. The summed E-state index contributed by atoms with van der Waals surface area (Å²) in [6, 6.07) is 6.15. The van der Waals surface area contributed by atoms with Crippen molar-refractivity contribution < 1.29 is 0 Å². The minimum Gasteiger partial charge on any atom is -0.324 e. The lowest BCUT2D eigenvalue weighted by molar-refractivity contribution is 0.325. The van der Waals surface area contributed by atoms with Crippen molar-refractivity contribution in [2.75, 3.05) is 13.6 Å². The number of halogens is 1. The first-order valence-electron chi connectivity index (χ1n) is 4.89. The number of rotatable bonds is 0. The SMILES string of the molecule is CN1CC[C@H](N)c2cc(Cl)ccc2C1. The molecule has 2 rings (SSSR count). The van der Waals surface area contributed by atoms with Crippen molar-refractivity contribution in [3.63, 3.8) is 0 Å². The highest BCUT2D eigenvalue weighted by Gasteiger charge is 2.17. The summed E-state index contributed by atoms with van der Waals surface area (Å²) in [4.78, 5) is 2.29. The van der Waals surface area contributed by atoms with Crippen LogP contribution in [0.15, 0.2) is 18.2 Å². The van der Waals surface area contributed by atoms with E-state index >= 15 is 0 Å². The third-order valence-electron chi connectivity index (χ3n) is 2.77. The number of benzene rings is 1. The Morgan fingerprint density at radius 3 is 3.07 bits per heavy atom. The molecule has 1 atom stereocenters. The van der Waals surface area contributed by atoms with Crippen LogP contribution in [-0.2, 0) is 6.54 Å². The second-order valence-corrected chi connectivity index (χ2v) is 4.41. The van der Waals surface area contributed by atoms with Gasteiger partial charge in [0.25, 0.3) is 0 Å². The Morgan fingerprint density at radius 1 is 1.50 bits per heavy atom. The van der Waals surface area contributed by atoms with Crippen molar-refractivity contribution in [1.29, 1.82) is 0 Å². The first-order valence-corrected chi connectivity index (χ1v) is 5.27. The Hall–Kier alpha value is -0.570. The Morgan fingerprint density at radius 2 is 2.29 bits per heavy atom. The van der Waals surface area contributed by atoms with Crippen molar-refractivity contribution in [2.45, 2.75) is 19.0 Å². The third-order valence-corrected chi connectivity index (χ3v) is 3.00. The van der Waals surface area contributed by atoms with Gasteiger partial charge in [-0.2, -0.15) is 0 Å². The van der Waals surface area contributed by atoms with Crippen molar-refractivity contribution in [1.82, 2.24) is 4.90 Å². The van der Waals surface area contributed by atoms with E-state index in [-0.39, 0.29) is 6.04 Å². The van der Waals surface area contributed by atoms with E-state index in [9.17, 15) is 0 Å². The van der Waals surface area contributed by atoms with E-state index in [2.05, 4.69) is 18.0 Å². The minimum atomic E-state index is 0.133. The van der Waals surface area contributed by atoms with E-state index in [1.165, 1.54) is 11.1 Å². The lowest BCUT2D eigenvalue weighted by Gasteiger charge is -2.13. The van der Waals surface area contributed by atoms with Crippen LogP contribution in [0.5, 0.6) is 0 Å². The minimum absolute atomic E-state index is 0.133. The van der Waals surface area contributed by atoms with E-state index in [0.29, 0.717) is 0 Å². The zero-order valence-electron chi connectivity index (χ0n) is 8.33. The summed E-state index contributed by atoms with van der Waals surface area (Å²) in [5.41, 5.74) is 8.61. The molecule has 1 aliphatic heterocycles. The van der Waals surface area contributed by atoms with E-state index in [4.69, 9.17) is 17.3 Å². The molecule has 14 heavy (non-hydrogen) atoms. The van der Waals surface area contributed by atoms with Crippen molar-refractivity contribution in [2.24, 2.45) is 5.73 Å². The maximum atomic E-state index is 6.09. The van der Waals surface area contributed by atoms with Crippen LogP contribution < -0.4 is 5.73 Å². The molecular weight excluding hydrogens is 196 g/mol. The summed E-state index contributed by atoms with van der Waals surface area (Å²) in [5.74, 6) is 0. The molecule has 1 aliphatic rings. The Kier molecular flexibility index (Phi) is 2.77. The molecule has 2 nitrogen and oxygen atoms in total. The molecule has 76 valence electrons. The number of nitrogens with two attached hydrogens (primary N) is 1. The predicted molar refractivity (Wildman–Crippen MR) is 59.3 cm³/mol. The average molecular weight is 211 g/mol. The van der Waals surface area contributed by atoms with Gasteiger partial charge in [0.2, 0.25) is 0 Å². The third kappa shape index (κ3) is 1.92. The number of hydrogen-bond donors (Lipinski definition) is 1. The maximum absolute atomic E-state index is 6.09. The van der Waals surface area contributed by atoms with Gasteiger partial charge in [-0.3, -0.25) is 0 Å². The monoisotopic (exact) mass is 210 g/mol. The Bertz CT molecular complexity index is 338. The summed E-state index contributed by atoms with van der Waals surface area (Å²) in [6.45, 7) is 2.02. The van der Waals surface area contributed by atoms with Crippen molar-refractivity contribution in [3.8, 4) is 0 Å². The van der Waals surface area contributed by atoms with Crippen LogP contribution in [0.4, 0.5) is 0 Å². The predicted octanol–water partition coefficient (Wildman–Crippen LogP) is 2.18. The zero-order valence-corrected chi connectivity index (χ0v) is 9.09. The fourth-order valence-electron chi connectivity index (χ4n) is 1.94. The molecule has 1 aromatic carbocycles. The summed E-state index contributed by atoms with van der Waals surface area (Å²) >= 11 is 5.96. The highest BCUT2D eigenvalue weighted by molar-refractivity contribution is 6.30. The maximum Gasteiger partial charge on any atom is 0.0409 e. The summed E-state index contributed by atoms with van der Waals surface area (Å²) < 4.78 is 0. The molecule has 0 bridgehead atoms. The zero-order chi connectivity index (χ0) is 10.1. The van der Waals surface area contributed by atoms with Crippen LogP contribution in [0.25, 0.3) is 0 Å². The van der Waals surface area contributed by atoms with Crippen LogP contribution in [-0.4, -0.2) is 18.5 Å². The molecule has 0 radical (unpaired) electrons. The van der Waals surface area contributed by atoms with Crippen LogP contribution in [0.2, 0.25) is 5.02 Å². The van der Waals surface area contributed by atoms with E-state index in [1.54, 1.807) is 0 Å². The number of nitrogens with zero attached hydrogens (tertiary/aromatic N) is 1. The smallest absolute Gasteiger partial charge is 0.0409 e. The molecular formula is C11H15ClN2. The molecule has 0 aromatic heterocycles. The fraction of sp³-hybridized carbons (Fsp3) is 0.455. The molecule has 3 heteroatoms. The summed E-state index contributed by atoms with van der Waals surface area (Å²) in [5, 5.41) is 0.781. The van der Waals surface area contributed by atoms with Gasteiger partial charge in [-0.1, -0.05) is 17.7 Å². The molecule has 1 aromatic rings. The Labute approximate surface area is 89.7 Å². The van der Waals surface area contributed by atoms with Crippen LogP contribution >= 0.6 is 11.6 Å². The first-order chi connectivity index (χ1) is 6.66. The molecule has 0 spiro atoms. The quantitative estimate of drug-likeness (QED) is 0.711. The van der Waals surface area contributed by atoms with Gasteiger partial charge in [-0.15, -0.1) is 0 Å². The van der Waals surface area contributed by atoms with E-state index in [0.717, 1.165) is 24.5 Å². The summed E-state index contributed by atoms with van der Waals surface area (Å²) in [6.07, 6.45) is 1.00. The lowest BCUT2D eigenvalue weighted by atomic mass is 10.0. The van der Waals surface area contributed by atoms with Crippen molar-refractivity contribution >= 4 is 11.6 Å². The second-order valence-electron chi connectivity index (χ2n) is 3.98. The van der Waals surface area contributed by atoms with Gasteiger partial charge in [-0.25, -0.2) is 0 Å². The van der Waals surface area contributed by atoms with Crippen LogP contribution in [0, 0.1) is 0 Å². The standard InChI is InChI=1S/C11H15ClN2/c1-14-5-4-11(13)10-6-9(12)3-2-8(10)7-14/h2-3,6,11H,4-5,7,13H2,1H3/t11-/m0/s1. The molecule has 0 amide bonds. The van der Waals surface area contributed by atoms with Crippen molar-refractivity contribution in [3.05, 3.63) is 34.3 Å². The van der Waals surface area contributed by atoms with Gasteiger partial charge in [0.15, 0.2) is 0 Å². The van der Waals surface area contributed by atoms with Gasteiger partial charge in [-0.05, 0) is 43.3 Å². The molecule has 0 fully saturated rings. The van der Waals surface area contributed by atoms with Gasteiger partial charge < -0.3 is 10.6 Å². The average Bonchev–Trinajstić information content (AvgIpc) is 2.29. The molecule has 0 saturated heterocycles. The molecule has 1 heterocycles. The highest BCUT2D eigenvalue weighted by atomic mass is 35.5. The first kappa shape index (κ1) is 9.97. The van der Waals surface area contributed by atoms with Crippen LogP contribution in [0.3, 0.4) is 0 Å².